The zero-order valence-electron chi connectivity index (χ0n) is 64.9. The minimum atomic E-state index is -1.13. The zero-order valence-corrected chi connectivity index (χ0v) is 31.9. The fourth-order valence-corrected chi connectivity index (χ4v) is 8.75. The first-order chi connectivity index (χ1) is 45.5. The van der Waals surface area contributed by atoms with Gasteiger partial charge in [-0.15, -0.1) is 0 Å². The Morgan fingerprint density at radius 2 is 0.719 bits per heavy atom. The average molecular weight is 844 g/mol. The molecule has 0 fully saturated rings. The number of para-hydroxylation sites is 2. The van der Waals surface area contributed by atoms with Crippen molar-refractivity contribution in [3.05, 3.63) is 205 Å². The van der Waals surface area contributed by atoms with Crippen LogP contribution >= 0.6 is 0 Å². The summed E-state index contributed by atoms with van der Waals surface area (Å²) >= 11 is 0. The summed E-state index contributed by atoms with van der Waals surface area (Å²) in [6.07, 6.45) is 0. The molecule has 2 nitrogen and oxygen atoms in total. The van der Waals surface area contributed by atoms with Crippen molar-refractivity contribution in [2.24, 2.45) is 0 Å². The lowest BCUT2D eigenvalue weighted by Gasteiger charge is -2.22. The molecule has 13 aromatic carbocycles. The Labute approximate surface area is 412 Å². The third kappa shape index (κ3) is 4.69. The summed E-state index contributed by atoms with van der Waals surface area (Å²) in [6, 6.07) is -29.4. The Balaban J connectivity index is 1.30. The van der Waals surface area contributed by atoms with E-state index in [1.165, 1.54) is 0 Å². The first-order valence-electron chi connectivity index (χ1n) is 35.9. The lowest BCUT2D eigenvalue weighted by molar-refractivity contribution is 0.668. The highest BCUT2D eigenvalue weighted by molar-refractivity contribution is 6.28. The van der Waals surface area contributed by atoms with Gasteiger partial charge in [0.1, 0.15) is 22.3 Å². The number of furan rings is 2. The normalized spacial score (nSPS) is 19.6. The highest BCUT2D eigenvalue weighted by Crippen LogP contribution is 2.50. The predicted octanol–water partition coefficient (Wildman–Crippen LogP) is 17.9. The van der Waals surface area contributed by atoms with E-state index in [0.29, 0.717) is 0 Å². The second kappa shape index (κ2) is 12.6. The third-order valence-corrected chi connectivity index (χ3v) is 11.5. The van der Waals surface area contributed by atoms with E-state index in [1.54, 1.807) is 0 Å². The van der Waals surface area contributed by atoms with Gasteiger partial charge in [0.2, 0.25) is 0 Å². The number of rotatable bonds is 4. The summed E-state index contributed by atoms with van der Waals surface area (Å²) in [5, 5.41) is -8.77. The largest absolute Gasteiger partial charge is 0.456 e. The molecule has 0 bridgehead atoms. The van der Waals surface area contributed by atoms with Gasteiger partial charge in [-0.3, -0.25) is 0 Å². The molecule has 15 rings (SSSR count). The Hall–Kier alpha value is -8.46. The van der Waals surface area contributed by atoms with Gasteiger partial charge in [-0.2, -0.15) is 0 Å². The van der Waals surface area contributed by atoms with E-state index >= 15 is 0 Å². The van der Waals surface area contributed by atoms with Crippen molar-refractivity contribution < 1.29 is 54.1 Å². The van der Waals surface area contributed by atoms with Gasteiger partial charge in [0, 0.05) is 21.5 Å². The van der Waals surface area contributed by atoms with Crippen LogP contribution in [-0.4, -0.2) is 0 Å². The Morgan fingerprint density at radius 3 is 1.31 bits per heavy atom. The molecule has 0 aliphatic carbocycles. The molecular weight excluding hydrogens is 777 g/mol. The smallest absolute Gasteiger partial charge is 0.135 e. The molecule has 0 saturated heterocycles. The standard InChI is InChI=1S/C62H34O2/c1-3-13-54-46(11-1)51-31-41(23-29-56(51)63-54)50-33-43(44-25-19-39-17-15-35-7-5-9-37-21-27-48(44)61(39)58(35)37)34-53(60(50)42-24-30-57-52(32-42)47-12-2-4-14-55(47)64-57)45-26-20-40-18-16-36-8-6-10-38-22-28-49(45)62(40)59(36)38/h1-34H/i1D,2D,3D,4D,5D,6D,7D,8D,9D,10D,11D,12D,13D,14D,15D,16D,17D,18D,19D,20D,21D,22D,23D,24D,25D,26D,27D,28D,29D,30D,31D,32D,33D. The molecule has 64 heavy (non-hydrogen) atoms. The Bertz CT molecular complexity index is 6350. The van der Waals surface area contributed by atoms with Crippen LogP contribution in [0.25, 0.3) is 153 Å². The van der Waals surface area contributed by atoms with Gasteiger partial charge >= 0.3 is 0 Å². The summed E-state index contributed by atoms with van der Waals surface area (Å²) in [4.78, 5) is 0. The molecule has 0 unspecified atom stereocenters. The van der Waals surface area contributed by atoms with Crippen molar-refractivity contribution >= 4 is 109 Å². The Kier molecular flexibility index (Phi) is 3.09. The maximum absolute atomic E-state index is 10.9. The minimum absolute atomic E-state index is 0.391. The fourth-order valence-electron chi connectivity index (χ4n) is 8.75. The molecule has 0 aliphatic heterocycles. The van der Waals surface area contributed by atoms with Crippen LogP contribution in [-0.2, 0) is 0 Å². The van der Waals surface area contributed by atoms with E-state index in [-0.39, 0.29) is 0 Å². The molecule has 2 heterocycles. The van der Waals surface area contributed by atoms with E-state index in [2.05, 4.69) is 0 Å². The Morgan fingerprint density at radius 1 is 0.266 bits per heavy atom. The van der Waals surface area contributed by atoms with Crippen LogP contribution in [0.1, 0.15) is 45.2 Å². The molecule has 15 aromatic rings. The van der Waals surface area contributed by atoms with Crippen LogP contribution < -0.4 is 0 Å². The van der Waals surface area contributed by atoms with Crippen LogP contribution in [0.3, 0.4) is 0 Å². The van der Waals surface area contributed by atoms with E-state index < -0.39 is 352 Å². The average Bonchev–Trinajstić information content (AvgIpc) is 1.40. The summed E-state index contributed by atoms with van der Waals surface area (Å²) in [5.41, 5.74) is -9.74. The van der Waals surface area contributed by atoms with Gasteiger partial charge in [0.15, 0.2) is 0 Å². The monoisotopic (exact) mass is 843 g/mol. The molecule has 2 heteroatoms. The molecule has 0 spiro atoms. The second-order valence-corrected chi connectivity index (χ2v) is 14.9. The number of hydrogen-bond acceptors (Lipinski definition) is 2. The van der Waals surface area contributed by atoms with Crippen LogP contribution in [0, 0.1) is 0 Å². The molecule has 0 aliphatic rings. The van der Waals surface area contributed by atoms with Crippen LogP contribution in [0.4, 0.5) is 0 Å². The molecule has 0 radical (unpaired) electrons. The van der Waals surface area contributed by atoms with Crippen molar-refractivity contribution in [2.75, 3.05) is 0 Å². The molecule has 294 valence electrons. The van der Waals surface area contributed by atoms with Crippen molar-refractivity contribution in [1.29, 1.82) is 0 Å². The van der Waals surface area contributed by atoms with Gasteiger partial charge in [0.25, 0.3) is 0 Å². The summed E-state index contributed by atoms with van der Waals surface area (Å²) < 4.78 is 324. The first kappa shape index (κ1) is 15.7. The van der Waals surface area contributed by atoms with Crippen LogP contribution in [0.5, 0.6) is 0 Å². The van der Waals surface area contributed by atoms with Crippen molar-refractivity contribution in [1.82, 2.24) is 0 Å². The maximum Gasteiger partial charge on any atom is 0.135 e. The summed E-state index contributed by atoms with van der Waals surface area (Å²) in [5.74, 6) is 0. The van der Waals surface area contributed by atoms with E-state index in [9.17, 15) is 24.7 Å². The lowest BCUT2D eigenvalue weighted by atomic mass is 9.81. The van der Waals surface area contributed by atoms with Crippen molar-refractivity contribution in [2.45, 2.75) is 0 Å². The van der Waals surface area contributed by atoms with Crippen molar-refractivity contribution in [3.8, 4) is 44.5 Å². The quantitative estimate of drug-likeness (QED) is 0.165. The van der Waals surface area contributed by atoms with E-state index in [0.717, 1.165) is 6.07 Å². The highest BCUT2D eigenvalue weighted by atomic mass is 16.3. The number of hydrogen-bond donors (Lipinski definition) is 0. The van der Waals surface area contributed by atoms with Gasteiger partial charge in [0.05, 0.1) is 45.2 Å². The summed E-state index contributed by atoms with van der Waals surface area (Å²) in [7, 11) is 0. The van der Waals surface area contributed by atoms with Gasteiger partial charge < -0.3 is 8.83 Å². The molecule has 0 atom stereocenters. The molecule has 0 amide bonds. The number of benzene rings is 13. The van der Waals surface area contributed by atoms with Crippen LogP contribution in [0.2, 0.25) is 0 Å². The molecule has 0 N–H and O–H groups in total. The van der Waals surface area contributed by atoms with Crippen LogP contribution in [0.15, 0.2) is 214 Å². The highest BCUT2D eigenvalue weighted by Gasteiger charge is 2.23. The van der Waals surface area contributed by atoms with Crippen molar-refractivity contribution in [3.63, 3.8) is 0 Å². The predicted molar refractivity (Wildman–Crippen MR) is 270 cm³/mol. The molecule has 2 aromatic heterocycles. The summed E-state index contributed by atoms with van der Waals surface area (Å²) in [6.45, 7) is 0. The first-order valence-corrected chi connectivity index (χ1v) is 19.4. The van der Waals surface area contributed by atoms with Gasteiger partial charge in [-0.1, -0.05) is 157 Å². The van der Waals surface area contributed by atoms with Gasteiger partial charge in [-0.05, 0) is 158 Å². The fraction of sp³-hybridized carbons (Fsp3) is 0. The van der Waals surface area contributed by atoms with E-state index in [1.807, 2.05) is 0 Å². The number of fused-ring (bicyclic) bond motifs is 6. The maximum atomic E-state index is 10.9. The minimum Gasteiger partial charge on any atom is -0.456 e. The zero-order chi connectivity index (χ0) is 70.3. The molecule has 0 saturated carbocycles. The SMILES string of the molecule is [2H]c1c(-c2c([2H])c([2H])c3c([2H])c([2H])c4c([2H])c([2H])c([2H])c5c([2H])c([2H])c2c3c45)cc(-c2c([2H])c([2H])c3c([2H])c([2H])c4c([2H])c([2H])c([2H])c5c([2H])c([2H])c2c3c45)c(-c2c([2H])c([2H])c3oc4c([2H])c([2H])c([2H])c([2H])c4c3c2[2H])c1-c1c([2H])c([2H])c2oc3c([2H])c([2H])c([2H])c([2H])c3c2c1[2H]. The second-order valence-electron chi connectivity index (χ2n) is 14.9. The van der Waals surface area contributed by atoms with Gasteiger partial charge in [-0.25, -0.2) is 0 Å². The third-order valence-electron chi connectivity index (χ3n) is 11.5. The topological polar surface area (TPSA) is 26.3 Å². The van der Waals surface area contributed by atoms with E-state index in [4.69, 9.17) is 29.4 Å². The lowest BCUT2D eigenvalue weighted by Crippen LogP contribution is -1.95. The molecular formula is C62H34O2.